The molecular weight excluding hydrogens is 665 g/mol. The Morgan fingerprint density at radius 2 is 1.02 bits per heavy atom. The van der Waals surface area contributed by atoms with Crippen molar-refractivity contribution < 1.29 is 37.6 Å². The minimum Gasteiger partial charge on any atom is -0.462 e. The smallest absolute Gasteiger partial charge is 0.462 e. The van der Waals surface area contributed by atoms with Crippen LogP contribution in [0.15, 0.2) is 24.3 Å². The Balaban J connectivity index is 4.09. The molecule has 0 aliphatic heterocycles. The minimum absolute atomic E-state index is 0.0540. The van der Waals surface area contributed by atoms with E-state index in [2.05, 4.69) is 38.2 Å². The summed E-state index contributed by atoms with van der Waals surface area (Å²) in [5.41, 5.74) is 5.33. The molecule has 0 heterocycles. The van der Waals surface area contributed by atoms with Crippen molar-refractivity contribution in [3.05, 3.63) is 24.3 Å². The number of phosphoric ester groups is 1. The first-order chi connectivity index (χ1) is 24.8. The van der Waals surface area contributed by atoms with E-state index >= 15 is 0 Å². The van der Waals surface area contributed by atoms with Crippen molar-refractivity contribution >= 4 is 19.8 Å². The van der Waals surface area contributed by atoms with Crippen molar-refractivity contribution in [2.75, 3.05) is 26.4 Å². The van der Waals surface area contributed by atoms with Gasteiger partial charge in [0.2, 0.25) is 0 Å². The molecule has 0 aliphatic carbocycles. The van der Waals surface area contributed by atoms with E-state index in [1.54, 1.807) is 0 Å². The summed E-state index contributed by atoms with van der Waals surface area (Å²) >= 11 is 0. The molecule has 51 heavy (non-hydrogen) atoms. The molecule has 0 aromatic rings. The summed E-state index contributed by atoms with van der Waals surface area (Å²) in [5, 5.41) is 0. The first-order valence-corrected chi connectivity index (χ1v) is 22.3. The molecule has 10 heteroatoms. The summed E-state index contributed by atoms with van der Waals surface area (Å²) in [4.78, 5) is 34.7. The average molecular weight is 744 g/mol. The summed E-state index contributed by atoms with van der Waals surface area (Å²) in [6, 6.07) is 0. The van der Waals surface area contributed by atoms with Gasteiger partial charge in [0.25, 0.3) is 0 Å². The van der Waals surface area contributed by atoms with Crippen molar-refractivity contribution in [1.29, 1.82) is 0 Å². The Labute approximate surface area is 312 Å². The lowest BCUT2D eigenvalue weighted by Gasteiger charge is -2.19. The number of carbonyl (C=O) groups is 2. The minimum atomic E-state index is -4.37. The van der Waals surface area contributed by atoms with Gasteiger partial charge >= 0.3 is 19.8 Å². The summed E-state index contributed by atoms with van der Waals surface area (Å²) in [7, 11) is -4.37. The van der Waals surface area contributed by atoms with Crippen LogP contribution in [0.4, 0.5) is 0 Å². The molecule has 2 atom stereocenters. The van der Waals surface area contributed by atoms with Gasteiger partial charge in [0.15, 0.2) is 6.10 Å². The van der Waals surface area contributed by atoms with E-state index in [9.17, 15) is 19.0 Å². The second kappa shape index (κ2) is 38.2. The lowest BCUT2D eigenvalue weighted by molar-refractivity contribution is -0.161. The fraction of sp³-hybridized carbons (Fsp3) is 0.854. The number of ether oxygens (including phenoxy) is 2. The third kappa shape index (κ3) is 38.0. The Bertz CT molecular complexity index is 897. The van der Waals surface area contributed by atoms with Crippen molar-refractivity contribution in [3.63, 3.8) is 0 Å². The van der Waals surface area contributed by atoms with Gasteiger partial charge in [-0.25, -0.2) is 4.57 Å². The monoisotopic (exact) mass is 744 g/mol. The molecule has 0 saturated heterocycles. The van der Waals surface area contributed by atoms with Crippen LogP contribution in [0.2, 0.25) is 0 Å². The lowest BCUT2D eigenvalue weighted by Crippen LogP contribution is -2.29. The molecular formula is C41H78NO8P. The maximum Gasteiger partial charge on any atom is 0.472 e. The average Bonchev–Trinajstić information content (AvgIpc) is 3.11. The van der Waals surface area contributed by atoms with Crippen LogP contribution in [0.3, 0.4) is 0 Å². The van der Waals surface area contributed by atoms with Gasteiger partial charge in [0.05, 0.1) is 13.2 Å². The van der Waals surface area contributed by atoms with Crippen LogP contribution in [-0.4, -0.2) is 49.3 Å². The third-order valence-electron chi connectivity index (χ3n) is 8.84. The van der Waals surface area contributed by atoms with Gasteiger partial charge in [-0.15, -0.1) is 0 Å². The zero-order valence-electron chi connectivity index (χ0n) is 32.8. The molecule has 0 saturated carbocycles. The van der Waals surface area contributed by atoms with Crippen LogP contribution in [0.5, 0.6) is 0 Å². The zero-order chi connectivity index (χ0) is 37.5. The van der Waals surface area contributed by atoms with Crippen LogP contribution < -0.4 is 5.73 Å². The number of hydrogen-bond donors (Lipinski definition) is 2. The Kier molecular flexibility index (Phi) is 37.1. The molecule has 300 valence electrons. The number of rotatable bonds is 39. The quantitative estimate of drug-likeness (QED) is 0.0273. The highest BCUT2D eigenvalue weighted by Crippen LogP contribution is 2.43. The van der Waals surface area contributed by atoms with Crippen molar-refractivity contribution in [3.8, 4) is 0 Å². The molecule has 3 N–H and O–H groups in total. The van der Waals surface area contributed by atoms with Gasteiger partial charge in [-0.2, -0.15) is 0 Å². The number of hydrogen-bond acceptors (Lipinski definition) is 8. The Morgan fingerprint density at radius 3 is 1.49 bits per heavy atom. The van der Waals surface area contributed by atoms with Gasteiger partial charge in [-0.05, 0) is 44.9 Å². The van der Waals surface area contributed by atoms with E-state index in [1.807, 2.05) is 0 Å². The lowest BCUT2D eigenvalue weighted by atomic mass is 10.1. The Hall–Kier alpha value is -1.51. The number of nitrogens with two attached hydrogens (primary N) is 1. The maximum atomic E-state index is 12.5. The molecule has 9 nitrogen and oxygen atoms in total. The topological polar surface area (TPSA) is 134 Å². The van der Waals surface area contributed by atoms with Crippen LogP contribution in [-0.2, 0) is 32.7 Å². The number of allylic oxidation sites excluding steroid dienone is 4. The molecule has 0 radical (unpaired) electrons. The standard InChI is InChI=1S/C41H78NO8P/c1-3-5-7-9-11-13-14-15-16-17-18-19-20-21-22-23-24-26-28-30-32-34-41(44)50-39(38-49-51(45,46)48-36-35-42)37-47-40(43)33-31-29-27-25-12-10-8-6-4-2/h14-15,17-18,39H,3-13,16,19-38,42H2,1-2H3,(H,45,46)/b15-14-,18-17-. The molecule has 0 spiro atoms. The molecule has 2 unspecified atom stereocenters. The van der Waals surface area contributed by atoms with E-state index in [-0.39, 0.29) is 38.6 Å². The number of carbonyl (C=O) groups excluding carboxylic acids is 2. The van der Waals surface area contributed by atoms with Gasteiger partial charge in [-0.3, -0.25) is 18.6 Å². The highest BCUT2D eigenvalue weighted by Gasteiger charge is 2.26. The predicted molar refractivity (Wildman–Crippen MR) is 211 cm³/mol. The van der Waals surface area contributed by atoms with Crippen LogP contribution in [0.1, 0.15) is 194 Å². The number of phosphoric acid groups is 1. The third-order valence-corrected chi connectivity index (χ3v) is 9.82. The van der Waals surface area contributed by atoms with Gasteiger partial charge in [0.1, 0.15) is 6.61 Å². The van der Waals surface area contributed by atoms with Crippen molar-refractivity contribution in [1.82, 2.24) is 0 Å². The van der Waals surface area contributed by atoms with Gasteiger partial charge in [0, 0.05) is 19.4 Å². The number of unbranched alkanes of at least 4 members (excludes halogenated alkanes) is 22. The second-order valence-electron chi connectivity index (χ2n) is 13.9. The molecule has 0 aliphatic rings. The molecule has 0 amide bonds. The largest absolute Gasteiger partial charge is 0.472 e. The van der Waals surface area contributed by atoms with E-state index < -0.39 is 26.5 Å². The van der Waals surface area contributed by atoms with Crippen LogP contribution in [0.25, 0.3) is 0 Å². The van der Waals surface area contributed by atoms with Crippen molar-refractivity contribution in [2.24, 2.45) is 5.73 Å². The van der Waals surface area contributed by atoms with Crippen LogP contribution >= 0.6 is 7.82 Å². The van der Waals surface area contributed by atoms with E-state index in [0.29, 0.717) is 6.42 Å². The highest BCUT2D eigenvalue weighted by molar-refractivity contribution is 7.47. The first-order valence-electron chi connectivity index (χ1n) is 20.8. The van der Waals surface area contributed by atoms with E-state index in [4.69, 9.17) is 24.3 Å². The second-order valence-corrected chi connectivity index (χ2v) is 15.3. The Morgan fingerprint density at radius 1 is 0.588 bits per heavy atom. The maximum absolute atomic E-state index is 12.5. The van der Waals surface area contributed by atoms with E-state index in [1.165, 1.54) is 109 Å². The summed E-state index contributed by atoms with van der Waals surface area (Å²) < 4.78 is 32.7. The fourth-order valence-electron chi connectivity index (χ4n) is 5.72. The van der Waals surface area contributed by atoms with Gasteiger partial charge < -0.3 is 20.1 Å². The van der Waals surface area contributed by atoms with Crippen molar-refractivity contribution in [2.45, 2.75) is 200 Å². The molecule has 0 aromatic carbocycles. The van der Waals surface area contributed by atoms with E-state index in [0.717, 1.165) is 51.4 Å². The summed E-state index contributed by atoms with van der Waals surface area (Å²) in [6.07, 6.45) is 39.3. The zero-order valence-corrected chi connectivity index (χ0v) is 33.7. The number of esters is 2. The normalized spacial score (nSPS) is 13.6. The molecule has 0 rings (SSSR count). The predicted octanol–water partition coefficient (Wildman–Crippen LogP) is 11.6. The van der Waals surface area contributed by atoms with Crippen LogP contribution in [0, 0.1) is 0 Å². The summed E-state index contributed by atoms with van der Waals surface area (Å²) in [6.45, 7) is 3.70. The highest BCUT2D eigenvalue weighted by atomic mass is 31.2. The molecule has 0 fully saturated rings. The first kappa shape index (κ1) is 49.5. The molecule has 0 aromatic heterocycles. The summed E-state index contributed by atoms with van der Waals surface area (Å²) in [5.74, 6) is -0.832. The SMILES string of the molecule is CCCCCCC/C=C\C/C=C\CCCCCCCCCCCC(=O)OC(COC(=O)CCCCCCCCCCC)COP(=O)(O)OCCN. The van der Waals surface area contributed by atoms with Gasteiger partial charge in [-0.1, -0.05) is 160 Å². The molecule has 0 bridgehead atoms. The fourth-order valence-corrected chi connectivity index (χ4v) is 6.49.